The zero-order chi connectivity index (χ0) is 21.0. The molecule has 0 unspecified atom stereocenters. The van der Waals surface area contributed by atoms with Gasteiger partial charge in [0.2, 0.25) is 0 Å². The average Bonchev–Trinajstić information content (AvgIpc) is 2.84. The van der Waals surface area contributed by atoms with E-state index in [1.807, 2.05) is 30.3 Å². The molecule has 0 bridgehead atoms. The van der Waals surface area contributed by atoms with Crippen molar-refractivity contribution in [3.05, 3.63) is 84.4 Å². The van der Waals surface area contributed by atoms with Gasteiger partial charge in [-0.25, -0.2) is 9.97 Å². The Bertz CT molecular complexity index is 1150. The van der Waals surface area contributed by atoms with Crippen LogP contribution in [0, 0.1) is 5.92 Å². The summed E-state index contributed by atoms with van der Waals surface area (Å²) in [4.78, 5) is 12.3. The first-order chi connectivity index (χ1) is 15.3. The van der Waals surface area contributed by atoms with Crippen LogP contribution in [0.1, 0.15) is 18.4 Å². The molecule has 1 aliphatic heterocycles. The van der Waals surface area contributed by atoms with E-state index >= 15 is 0 Å². The summed E-state index contributed by atoms with van der Waals surface area (Å²) in [5.74, 6) is 3.38. The molecule has 1 aliphatic rings. The second kappa shape index (κ2) is 8.76. The summed E-state index contributed by atoms with van der Waals surface area (Å²) < 4.78 is 5.30. The second-order valence-electron chi connectivity index (χ2n) is 8.24. The molecule has 0 saturated carbocycles. The summed E-state index contributed by atoms with van der Waals surface area (Å²) in [6.07, 6.45) is 3.53. The smallest absolute Gasteiger partial charge is 0.162 e. The molecule has 5 rings (SSSR count). The number of hydrogen-bond acceptors (Lipinski definition) is 4. The van der Waals surface area contributed by atoms with E-state index < -0.39 is 0 Å². The van der Waals surface area contributed by atoms with Gasteiger partial charge in [0, 0.05) is 24.0 Å². The maximum atomic E-state index is 5.30. The lowest BCUT2D eigenvalue weighted by molar-refractivity contribution is 0.403. The van der Waals surface area contributed by atoms with Gasteiger partial charge in [-0.05, 0) is 67.1 Å². The number of benzene rings is 3. The zero-order valence-electron chi connectivity index (χ0n) is 17.9. The Hall–Kier alpha value is -3.40. The highest BCUT2D eigenvalue weighted by Gasteiger charge is 2.23. The first-order valence-corrected chi connectivity index (χ1v) is 11.0. The fourth-order valence-electron chi connectivity index (χ4n) is 4.47. The number of anilines is 1. The van der Waals surface area contributed by atoms with E-state index in [-0.39, 0.29) is 0 Å². The van der Waals surface area contributed by atoms with Crippen LogP contribution in [-0.4, -0.2) is 30.2 Å². The minimum absolute atomic E-state index is 0.729. The Labute approximate surface area is 183 Å². The predicted octanol–water partition coefficient (Wildman–Crippen LogP) is 5.76. The van der Waals surface area contributed by atoms with Crippen molar-refractivity contribution in [2.24, 2.45) is 5.92 Å². The van der Waals surface area contributed by atoms with Crippen LogP contribution in [-0.2, 0) is 6.42 Å². The van der Waals surface area contributed by atoms with Gasteiger partial charge in [0.1, 0.15) is 11.6 Å². The van der Waals surface area contributed by atoms with Gasteiger partial charge in [0.05, 0.1) is 12.6 Å². The summed E-state index contributed by atoms with van der Waals surface area (Å²) in [5.41, 5.74) is 3.44. The number of ether oxygens (including phenoxy) is 1. The molecular formula is C27H27N3O. The molecule has 0 amide bonds. The standard InChI is InChI=1S/C27H27N3O/c1-31-23-13-11-22(12-14-23)26-28-25-10-6-5-9-24(25)27(29-26)30-17-15-21(16-18-30)19-20-7-3-2-4-8-20/h2-14,21H,15-19H2,1H3. The summed E-state index contributed by atoms with van der Waals surface area (Å²) in [7, 11) is 1.68. The highest BCUT2D eigenvalue weighted by molar-refractivity contribution is 5.91. The normalized spacial score (nSPS) is 14.7. The minimum atomic E-state index is 0.729. The Morgan fingerprint density at radius 1 is 0.839 bits per heavy atom. The molecular weight excluding hydrogens is 382 g/mol. The summed E-state index contributed by atoms with van der Waals surface area (Å²) in [6.45, 7) is 2.06. The van der Waals surface area contributed by atoms with E-state index in [9.17, 15) is 0 Å². The molecule has 0 aliphatic carbocycles. The highest BCUT2D eigenvalue weighted by atomic mass is 16.5. The predicted molar refractivity (Wildman–Crippen MR) is 127 cm³/mol. The van der Waals surface area contributed by atoms with Crippen molar-refractivity contribution < 1.29 is 4.74 Å². The van der Waals surface area contributed by atoms with Crippen LogP contribution in [0.2, 0.25) is 0 Å². The van der Waals surface area contributed by atoms with E-state index in [0.717, 1.165) is 59.3 Å². The van der Waals surface area contributed by atoms with Gasteiger partial charge in [-0.3, -0.25) is 0 Å². The number of rotatable bonds is 5. The second-order valence-corrected chi connectivity index (χ2v) is 8.24. The third-order valence-corrected chi connectivity index (χ3v) is 6.21. The lowest BCUT2D eigenvalue weighted by Gasteiger charge is -2.33. The van der Waals surface area contributed by atoms with Crippen molar-refractivity contribution in [2.45, 2.75) is 19.3 Å². The fraction of sp³-hybridized carbons (Fsp3) is 0.259. The molecule has 0 radical (unpaired) electrons. The molecule has 4 aromatic rings. The van der Waals surface area contributed by atoms with Gasteiger partial charge >= 0.3 is 0 Å². The maximum Gasteiger partial charge on any atom is 0.162 e. The van der Waals surface area contributed by atoms with Crippen LogP contribution in [0.15, 0.2) is 78.9 Å². The van der Waals surface area contributed by atoms with Gasteiger partial charge in [-0.15, -0.1) is 0 Å². The first kappa shape index (κ1) is 19.6. The fourth-order valence-corrected chi connectivity index (χ4v) is 4.47. The lowest BCUT2D eigenvalue weighted by atomic mass is 9.90. The Morgan fingerprint density at radius 2 is 1.55 bits per heavy atom. The lowest BCUT2D eigenvalue weighted by Crippen LogP contribution is -2.35. The number of aromatic nitrogens is 2. The van der Waals surface area contributed by atoms with Gasteiger partial charge in [0.25, 0.3) is 0 Å². The van der Waals surface area contributed by atoms with Crippen LogP contribution in [0.3, 0.4) is 0 Å². The van der Waals surface area contributed by atoms with Crippen LogP contribution in [0.5, 0.6) is 5.75 Å². The summed E-state index contributed by atoms with van der Waals surface area (Å²) in [5, 5.41) is 1.13. The van der Waals surface area contributed by atoms with Crippen LogP contribution < -0.4 is 9.64 Å². The number of piperidine rings is 1. The molecule has 4 heteroatoms. The van der Waals surface area contributed by atoms with E-state index in [0.29, 0.717) is 0 Å². The molecule has 4 nitrogen and oxygen atoms in total. The topological polar surface area (TPSA) is 38.2 Å². The van der Waals surface area contributed by atoms with Crippen molar-refractivity contribution in [2.75, 3.05) is 25.1 Å². The molecule has 156 valence electrons. The molecule has 0 spiro atoms. The van der Waals surface area contributed by atoms with Crippen LogP contribution in [0.25, 0.3) is 22.3 Å². The van der Waals surface area contributed by atoms with Crippen molar-refractivity contribution in [1.29, 1.82) is 0 Å². The maximum absolute atomic E-state index is 5.30. The Morgan fingerprint density at radius 3 is 2.29 bits per heavy atom. The molecule has 1 fully saturated rings. The number of nitrogens with zero attached hydrogens (tertiary/aromatic N) is 3. The molecule has 2 heterocycles. The van der Waals surface area contributed by atoms with Crippen LogP contribution in [0.4, 0.5) is 5.82 Å². The quantitative estimate of drug-likeness (QED) is 0.420. The number of hydrogen-bond donors (Lipinski definition) is 0. The van der Waals surface area contributed by atoms with E-state index in [1.165, 1.54) is 18.4 Å². The van der Waals surface area contributed by atoms with Crippen molar-refractivity contribution in [3.63, 3.8) is 0 Å². The average molecular weight is 410 g/mol. The van der Waals surface area contributed by atoms with E-state index in [2.05, 4.69) is 53.4 Å². The molecule has 0 atom stereocenters. The Balaban J connectivity index is 1.41. The number of methoxy groups -OCH3 is 1. The molecule has 31 heavy (non-hydrogen) atoms. The first-order valence-electron chi connectivity index (χ1n) is 11.0. The molecule has 0 N–H and O–H groups in total. The minimum Gasteiger partial charge on any atom is -0.497 e. The van der Waals surface area contributed by atoms with E-state index in [1.54, 1.807) is 7.11 Å². The third-order valence-electron chi connectivity index (χ3n) is 6.21. The highest BCUT2D eigenvalue weighted by Crippen LogP contribution is 2.31. The van der Waals surface area contributed by atoms with Gasteiger partial charge < -0.3 is 9.64 Å². The van der Waals surface area contributed by atoms with Gasteiger partial charge in [-0.2, -0.15) is 0 Å². The molecule has 3 aromatic carbocycles. The van der Waals surface area contributed by atoms with Crippen molar-refractivity contribution in [1.82, 2.24) is 9.97 Å². The monoisotopic (exact) mass is 409 g/mol. The Kier molecular flexibility index (Phi) is 5.53. The van der Waals surface area contributed by atoms with Gasteiger partial charge in [0.15, 0.2) is 5.82 Å². The molecule has 1 saturated heterocycles. The summed E-state index contributed by atoms with van der Waals surface area (Å²) >= 11 is 0. The SMILES string of the molecule is COc1ccc(-c2nc(N3CCC(Cc4ccccc4)CC3)c3ccccc3n2)cc1. The number of fused-ring (bicyclic) bond motifs is 1. The largest absolute Gasteiger partial charge is 0.497 e. The summed E-state index contributed by atoms with van der Waals surface area (Å²) in [6, 6.07) is 27.2. The third kappa shape index (κ3) is 4.24. The van der Waals surface area contributed by atoms with Crippen LogP contribution >= 0.6 is 0 Å². The van der Waals surface area contributed by atoms with Crippen molar-refractivity contribution >= 4 is 16.7 Å². The zero-order valence-corrected chi connectivity index (χ0v) is 17.9. The van der Waals surface area contributed by atoms with Crippen molar-refractivity contribution in [3.8, 4) is 17.1 Å². The number of para-hydroxylation sites is 1. The molecule has 1 aromatic heterocycles. The van der Waals surface area contributed by atoms with E-state index in [4.69, 9.17) is 14.7 Å². The van der Waals surface area contributed by atoms with Gasteiger partial charge in [-0.1, -0.05) is 42.5 Å².